The van der Waals surface area contributed by atoms with E-state index in [1.165, 1.54) is 6.39 Å². The SMILES string of the molecule is Cc1ocnc1C(N)=O. The van der Waals surface area contributed by atoms with Crippen LogP contribution in [-0.2, 0) is 0 Å². The van der Waals surface area contributed by atoms with Crippen LogP contribution >= 0.6 is 0 Å². The first-order valence-corrected chi connectivity index (χ1v) is 2.41. The van der Waals surface area contributed by atoms with Crippen LogP contribution in [0.4, 0.5) is 0 Å². The average molecular weight is 126 g/mol. The Labute approximate surface area is 51.7 Å². The second-order valence-electron chi connectivity index (χ2n) is 1.62. The summed E-state index contributed by atoms with van der Waals surface area (Å²) >= 11 is 0. The van der Waals surface area contributed by atoms with Gasteiger partial charge in [0.05, 0.1) is 0 Å². The highest BCUT2D eigenvalue weighted by Gasteiger charge is 2.07. The van der Waals surface area contributed by atoms with Gasteiger partial charge in [-0.15, -0.1) is 0 Å². The van der Waals surface area contributed by atoms with Crippen molar-refractivity contribution in [3.05, 3.63) is 17.8 Å². The molecule has 0 atom stereocenters. The van der Waals surface area contributed by atoms with Gasteiger partial charge >= 0.3 is 0 Å². The number of nitrogens with two attached hydrogens (primary N) is 1. The lowest BCUT2D eigenvalue weighted by molar-refractivity contribution is 0.0995. The molecule has 0 fully saturated rings. The molecule has 0 aliphatic heterocycles. The van der Waals surface area contributed by atoms with Gasteiger partial charge in [-0.05, 0) is 6.92 Å². The minimum Gasteiger partial charge on any atom is -0.448 e. The lowest BCUT2D eigenvalue weighted by Gasteiger charge is -1.84. The minimum absolute atomic E-state index is 0.204. The van der Waals surface area contributed by atoms with E-state index in [1.807, 2.05) is 0 Å². The van der Waals surface area contributed by atoms with Crippen molar-refractivity contribution in [3.63, 3.8) is 0 Å². The number of hydrogen-bond donors (Lipinski definition) is 1. The Morgan fingerprint density at radius 3 is 2.78 bits per heavy atom. The van der Waals surface area contributed by atoms with Crippen LogP contribution in [-0.4, -0.2) is 10.9 Å². The van der Waals surface area contributed by atoms with Gasteiger partial charge in [0.2, 0.25) is 0 Å². The second kappa shape index (κ2) is 1.89. The van der Waals surface area contributed by atoms with E-state index >= 15 is 0 Å². The zero-order chi connectivity index (χ0) is 6.85. The number of carbonyl (C=O) groups excluding carboxylic acids is 1. The summed E-state index contributed by atoms with van der Waals surface area (Å²) in [5, 5.41) is 0. The molecule has 1 aromatic rings. The molecule has 0 aromatic carbocycles. The fourth-order valence-electron chi connectivity index (χ4n) is 0.542. The molecule has 4 heteroatoms. The van der Waals surface area contributed by atoms with Crippen molar-refractivity contribution in [3.8, 4) is 0 Å². The van der Waals surface area contributed by atoms with E-state index in [-0.39, 0.29) is 5.69 Å². The van der Waals surface area contributed by atoms with Gasteiger partial charge in [-0.3, -0.25) is 4.79 Å². The first-order chi connectivity index (χ1) is 4.22. The summed E-state index contributed by atoms with van der Waals surface area (Å²) in [5.74, 6) is -0.0937. The van der Waals surface area contributed by atoms with Gasteiger partial charge in [0, 0.05) is 0 Å². The Hall–Kier alpha value is -1.32. The fraction of sp³-hybridized carbons (Fsp3) is 0.200. The van der Waals surface area contributed by atoms with Crippen molar-refractivity contribution in [2.24, 2.45) is 5.73 Å². The number of carbonyl (C=O) groups is 1. The van der Waals surface area contributed by atoms with Gasteiger partial charge in [0.1, 0.15) is 5.76 Å². The van der Waals surface area contributed by atoms with Crippen molar-refractivity contribution >= 4 is 5.91 Å². The molecule has 0 saturated heterocycles. The number of hydrogen-bond acceptors (Lipinski definition) is 3. The zero-order valence-electron chi connectivity index (χ0n) is 4.92. The van der Waals surface area contributed by atoms with Crippen LogP contribution in [0.1, 0.15) is 16.2 Å². The van der Waals surface area contributed by atoms with Crippen LogP contribution in [0.2, 0.25) is 0 Å². The van der Waals surface area contributed by atoms with Gasteiger partial charge < -0.3 is 10.2 Å². The monoisotopic (exact) mass is 126 g/mol. The Morgan fingerprint density at radius 1 is 1.89 bits per heavy atom. The van der Waals surface area contributed by atoms with E-state index in [4.69, 9.17) is 10.2 Å². The smallest absolute Gasteiger partial charge is 0.270 e. The van der Waals surface area contributed by atoms with Crippen molar-refractivity contribution in [1.82, 2.24) is 4.98 Å². The summed E-state index contributed by atoms with van der Waals surface area (Å²) in [4.78, 5) is 14.0. The highest BCUT2D eigenvalue weighted by Crippen LogP contribution is 2.01. The largest absolute Gasteiger partial charge is 0.448 e. The van der Waals surface area contributed by atoms with Crippen LogP contribution in [0.3, 0.4) is 0 Å². The second-order valence-corrected chi connectivity index (χ2v) is 1.62. The summed E-state index contributed by atoms with van der Waals surface area (Å²) in [6.07, 6.45) is 1.19. The molecule has 1 aromatic heterocycles. The summed E-state index contributed by atoms with van der Waals surface area (Å²) in [7, 11) is 0. The van der Waals surface area contributed by atoms with Crippen LogP contribution in [0.25, 0.3) is 0 Å². The Bertz CT molecular complexity index is 229. The van der Waals surface area contributed by atoms with Gasteiger partial charge in [-0.2, -0.15) is 0 Å². The van der Waals surface area contributed by atoms with E-state index in [1.54, 1.807) is 6.92 Å². The number of amides is 1. The molecule has 0 unspecified atom stereocenters. The third-order valence-electron chi connectivity index (χ3n) is 0.978. The number of aromatic nitrogens is 1. The van der Waals surface area contributed by atoms with Gasteiger partial charge in [0.15, 0.2) is 12.1 Å². The van der Waals surface area contributed by atoms with E-state index in [0.717, 1.165) is 0 Å². The standard InChI is InChI=1S/C5H6N2O2/c1-3-4(5(6)8)7-2-9-3/h2H,1H3,(H2,6,8). The predicted molar refractivity (Wildman–Crippen MR) is 29.8 cm³/mol. The normalized spacial score (nSPS) is 9.44. The predicted octanol–water partition coefficient (Wildman–Crippen LogP) is 0.0819. The summed E-state index contributed by atoms with van der Waals surface area (Å²) in [6, 6.07) is 0. The third-order valence-corrected chi connectivity index (χ3v) is 0.978. The maximum absolute atomic E-state index is 10.4. The molecule has 0 spiro atoms. The van der Waals surface area contributed by atoms with Gasteiger partial charge in [0.25, 0.3) is 5.91 Å². The van der Waals surface area contributed by atoms with Crippen molar-refractivity contribution in [1.29, 1.82) is 0 Å². The summed E-state index contributed by atoms with van der Waals surface area (Å²) < 4.78 is 4.71. The Balaban J connectivity index is 3.08. The number of aryl methyl sites for hydroxylation is 1. The molecule has 2 N–H and O–H groups in total. The maximum atomic E-state index is 10.4. The average Bonchev–Trinajstić information content (AvgIpc) is 2.13. The molecule has 0 radical (unpaired) electrons. The van der Waals surface area contributed by atoms with Crippen LogP contribution < -0.4 is 5.73 Å². The fourth-order valence-corrected chi connectivity index (χ4v) is 0.542. The molecule has 0 aliphatic carbocycles. The number of oxazole rings is 1. The molecular weight excluding hydrogens is 120 g/mol. The van der Waals surface area contributed by atoms with E-state index in [9.17, 15) is 4.79 Å². The summed E-state index contributed by atoms with van der Waals surface area (Å²) in [6.45, 7) is 1.63. The molecule has 0 saturated carbocycles. The molecule has 1 heterocycles. The molecular formula is C5H6N2O2. The van der Waals surface area contributed by atoms with Crippen LogP contribution in [0.5, 0.6) is 0 Å². The quantitative estimate of drug-likeness (QED) is 0.579. The Morgan fingerprint density at radius 2 is 2.56 bits per heavy atom. The third kappa shape index (κ3) is 0.910. The van der Waals surface area contributed by atoms with E-state index in [2.05, 4.69) is 4.98 Å². The van der Waals surface area contributed by atoms with Crippen molar-refractivity contribution in [2.75, 3.05) is 0 Å². The number of nitrogens with zero attached hydrogens (tertiary/aromatic N) is 1. The lowest BCUT2D eigenvalue weighted by atomic mass is 10.3. The topological polar surface area (TPSA) is 69.1 Å². The molecule has 48 valence electrons. The molecule has 9 heavy (non-hydrogen) atoms. The molecule has 0 bridgehead atoms. The van der Waals surface area contributed by atoms with Crippen LogP contribution in [0.15, 0.2) is 10.8 Å². The lowest BCUT2D eigenvalue weighted by Crippen LogP contribution is -2.12. The van der Waals surface area contributed by atoms with Crippen LogP contribution in [0, 0.1) is 6.92 Å². The maximum Gasteiger partial charge on any atom is 0.270 e. The molecule has 1 amide bonds. The first kappa shape index (κ1) is 5.81. The van der Waals surface area contributed by atoms with E-state index in [0.29, 0.717) is 5.76 Å². The summed E-state index contributed by atoms with van der Waals surface area (Å²) in [5.41, 5.74) is 5.10. The number of rotatable bonds is 1. The van der Waals surface area contributed by atoms with Crippen molar-refractivity contribution in [2.45, 2.75) is 6.92 Å². The Kier molecular flexibility index (Phi) is 1.22. The minimum atomic E-state index is -0.554. The highest BCUT2D eigenvalue weighted by atomic mass is 16.3. The molecule has 1 rings (SSSR count). The first-order valence-electron chi connectivity index (χ1n) is 2.41. The van der Waals surface area contributed by atoms with Gasteiger partial charge in [-0.1, -0.05) is 0 Å². The van der Waals surface area contributed by atoms with Crippen molar-refractivity contribution < 1.29 is 9.21 Å². The molecule has 4 nitrogen and oxygen atoms in total. The zero-order valence-corrected chi connectivity index (χ0v) is 4.92. The van der Waals surface area contributed by atoms with Gasteiger partial charge in [-0.25, -0.2) is 4.98 Å². The highest BCUT2D eigenvalue weighted by molar-refractivity contribution is 5.91. The number of primary amides is 1. The van der Waals surface area contributed by atoms with E-state index < -0.39 is 5.91 Å². The molecule has 0 aliphatic rings.